The summed E-state index contributed by atoms with van der Waals surface area (Å²) in [4.78, 5) is 0. The Morgan fingerprint density at radius 3 is 2.43 bits per heavy atom. The minimum atomic E-state index is -0.0399. The second-order valence-corrected chi connectivity index (χ2v) is 6.98. The van der Waals surface area contributed by atoms with Crippen LogP contribution < -0.4 is 5.32 Å². The van der Waals surface area contributed by atoms with Crippen LogP contribution in [-0.2, 0) is 4.74 Å². The first-order valence-corrected chi connectivity index (χ1v) is 7.28. The van der Waals surface area contributed by atoms with E-state index in [1.165, 1.54) is 30.8 Å². The van der Waals surface area contributed by atoms with Gasteiger partial charge in [-0.1, -0.05) is 0 Å². The first-order valence-electron chi connectivity index (χ1n) is 5.31. The molecule has 2 fully saturated rings. The lowest BCUT2D eigenvalue weighted by Gasteiger charge is -2.46. The monoisotopic (exact) mass is 233 g/mol. The van der Waals surface area contributed by atoms with Gasteiger partial charge in [-0.15, -0.1) is 23.5 Å². The first-order chi connectivity index (χ1) is 6.72. The molecule has 0 aromatic carbocycles. The van der Waals surface area contributed by atoms with Gasteiger partial charge in [-0.3, -0.25) is 0 Å². The van der Waals surface area contributed by atoms with E-state index in [0.717, 1.165) is 6.54 Å². The molecule has 2 rings (SSSR count). The Morgan fingerprint density at radius 1 is 1.21 bits per heavy atom. The number of hydrogen-bond donors (Lipinski definition) is 1. The molecule has 2 saturated heterocycles. The molecule has 2 nitrogen and oxygen atoms in total. The molecule has 0 spiro atoms. The summed E-state index contributed by atoms with van der Waals surface area (Å²) in [5.41, 5.74) is 0.164. The number of ether oxygens (including phenoxy) is 1. The van der Waals surface area contributed by atoms with Crippen molar-refractivity contribution in [2.45, 2.75) is 36.0 Å². The van der Waals surface area contributed by atoms with Crippen molar-refractivity contribution in [2.75, 3.05) is 25.2 Å². The number of thioether (sulfide) groups is 2. The Kier molecular flexibility index (Phi) is 3.37. The van der Waals surface area contributed by atoms with E-state index >= 15 is 0 Å². The average Bonchev–Trinajstić information content (AvgIpc) is 2.68. The molecule has 0 aromatic heterocycles. The highest BCUT2D eigenvalue weighted by molar-refractivity contribution is 8.18. The zero-order valence-electron chi connectivity index (χ0n) is 8.97. The molecule has 0 saturated carbocycles. The molecule has 1 N–H and O–H groups in total. The van der Waals surface area contributed by atoms with E-state index in [-0.39, 0.29) is 9.80 Å². The molecular formula is C10H19NOS2. The third kappa shape index (κ3) is 1.70. The van der Waals surface area contributed by atoms with E-state index in [2.05, 4.69) is 12.2 Å². The molecule has 4 heteroatoms. The number of methoxy groups -OCH3 is 1. The zero-order chi connectivity index (χ0) is 10.1. The van der Waals surface area contributed by atoms with Crippen molar-refractivity contribution in [1.29, 1.82) is 0 Å². The Bertz CT molecular complexity index is 198. The number of rotatable bonds is 2. The van der Waals surface area contributed by atoms with Gasteiger partial charge in [-0.2, -0.15) is 0 Å². The van der Waals surface area contributed by atoms with Gasteiger partial charge in [-0.05, 0) is 44.2 Å². The summed E-state index contributed by atoms with van der Waals surface area (Å²) < 4.78 is 5.79. The van der Waals surface area contributed by atoms with Crippen molar-refractivity contribution in [3.8, 4) is 0 Å². The molecule has 0 aromatic rings. The molecule has 82 valence electrons. The van der Waals surface area contributed by atoms with Crippen molar-refractivity contribution in [2.24, 2.45) is 0 Å². The fourth-order valence-corrected chi connectivity index (χ4v) is 5.68. The quantitative estimate of drug-likeness (QED) is 0.790. The van der Waals surface area contributed by atoms with E-state index in [1.54, 1.807) is 0 Å². The predicted molar refractivity (Wildman–Crippen MR) is 64.9 cm³/mol. The molecule has 0 amide bonds. The van der Waals surface area contributed by atoms with Crippen LogP contribution in [0.15, 0.2) is 0 Å². The van der Waals surface area contributed by atoms with Gasteiger partial charge in [0.1, 0.15) is 0 Å². The van der Waals surface area contributed by atoms with Crippen LogP contribution in [0, 0.1) is 0 Å². The molecule has 2 heterocycles. The van der Waals surface area contributed by atoms with E-state index in [0.29, 0.717) is 0 Å². The molecular weight excluding hydrogens is 214 g/mol. The van der Waals surface area contributed by atoms with E-state index < -0.39 is 0 Å². The highest BCUT2D eigenvalue weighted by Gasteiger charge is 2.52. The minimum Gasteiger partial charge on any atom is -0.356 e. The highest BCUT2D eigenvalue weighted by Crippen LogP contribution is 2.52. The normalized spacial score (nSPS) is 37.3. The zero-order valence-corrected chi connectivity index (χ0v) is 10.6. The van der Waals surface area contributed by atoms with Gasteiger partial charge in [-0.25, -0.2) is 0 Å². The van der Waals surface area contributed by atoms with Crippen LogP contribution in [0.4, 0.5) is 0 Å². The van der Waals surface area contributed by atoms with Crippen molar-refractivity contribution in [3.63, 3.8) is 0 Å². The van der Waals surface area contributed by atoms with Crippen LogP contribution in [0.5, 0.6) is 0 Å². The molecule has 0 bridgehead atoms. The number of hydrogen-bond acceptors (Lipinski definition) is 4. The van der Waals surface area contributed by atoms with E-state index in [4.69, 9.17) is 4.74 Å². The molecule has 14 heavy (non-hydrogen) atoms. The molecule has 0 unspecified atom stereocenters. The van der Waals surface area contributed by atoms with Crippen molar-refractivity contribution in [3.05, 3.63) is 0 Å². The summed E-state index contributed by atoms with van der Waals surface area (Å²) in [6.07, 6.45) is 3.83. The lowest BCUT2D eigenvalue weighted by molar-refractivity contribution is 0.0727. The van der Waals surface area contributed by atoms with E-state index in [9.17, 15) is 0 Å². The Morgan fingerprint density at radius 2 is 1.93 bits per heavy atom. The van der Waals surface area contributed by atoms with E-state index in [1.807, 2.05) is 30.6 Å². The van der Waals surface area contributed by atoms with Gasteiger partial charge < -0.3 is 10.1 Å². The minimum absolute atomic E-state index is 0.0399. The summed E-state index contributed by atoms with van der Waals surface area (Å²) in [7, 11) is 1.86. The topological polar surface area (TPSA) is 21.3 Å². The van der Waals surface area contributed by atoms with Crippen molar-refractivity contribution >= 4 is 23.5 Å². The maximum atomic E-state index is 5.83. The van der Waals surface area contributed by atoms with Gasteiger partial charge in [0.05, 0.1) is 5.54 Å². The summed E-state index contributed by atoms with van der Waals surface area (Å²) >= 11 is 3.97. The standard InChI is InChI=1S/C10H19NOS2/c1-9(5-3-6-11-9)10(12-2)13-7-4-8-14-10/h11H,3-8H2,1-2H3/t9-/m0/s1. The summed E-state index contributed by atoms with van der Waals surface area (Å²) in [5.74, 6) is 2.47. The maximum Gasteiger partial charge on any atom is 0.177 e. The fourth-order valence-electron chi connectivity index (χ4n) is 2.33. The Hall–Kier alpha value is 0.620. The molecule has 2 aliphatic heterocycles. The summed E-state index contributed by atoms with van der Waals surface area (Å²) in [6, 6.07) is 0. The van der Waals surface area contributed by atoms with Crippen LogP contribution in [0.25, 0.3) is 0 Å². The largest absolute Gasteiger partial charge is 0.356 e. The third-order valence-corrected chi connectivity index (χ3v) is 6.87. The van der Waals surface area contributed by atoms with Gasteiger partial charge in [0, 0.05) is 7.11 Å². The highest BCUT2D eigenvalue weighted by atomic mass is 32.2. The van der Waals surface area contributed by atoms with Crippen LogP contribution >= 0.6 is 23.5 Å². The predicted octanol–water partition coefficient (Wildman–Crippen LogP) is 2.30. The van der Waals surface area contributed by atoms with Gasteiger partial charge in [0.25, 0.3) is 0 Å². The fraction of sp³-hybridized carbons (Fsp3) is 1.00. The third-order valence-electron chi connectivity index (χ3n) is 3.19. The Balaban J connectivity index is 2.16. The molecule has 2 aliphatic rings. The van der Waals surface area contributed by atoms with Gasteiger partial charge >= 0.3 is 0 Å². The first kappa shape index (κ1) is 11.1. The van der Waals surface area contributed by atoms with Gasteiger partial charge in [0.2, 0.25) is 0 Å². The smallest absolute Gasteiger partial charge is 0.177 e. The lowest BCUT2D eigenvalue weighted by atomic mass is 10.0. The molecule has 0 aliphatic carbocycles. The summed E-state index contributed by atoms with van der Waals surface area (Å²) in [6.45, 7) is 3.46. The summed E-state index contributed by atoms with van der Waals surface area (Å²) in [5, 5.41) is 3.63. The van der Waals surface area contributed by atoms with Crippen LogP contribution in [-0.4, -0.2) is 35.0 Å². The number of nitrogens with one attached hydrogen (secondary N) is 1. The molecule has 0 radical (unpaired) electrons. The average molecular weight is 233 g/mol. The van der Waals surface area contributed by atoms with Gasteiger partial charge in [0.15, 0.2) is 4.27 Å². The Labute approximate surface area is 94.9 Å². The second kappa shape index (κ2) is 4.24. The van der Waals surface area contributed by atoms with Crippen LogP contribution in [0.1, 0.15) is 26.2 Å². The maximum absolute atomic E-state index is 5.83. The SMILES string of the molecule is COC1([C@]2(C)CCCN2)SCCCS1. The van der Waals surface area contributed by atoms with Crippen molar-refractivity contribution < 1.29 is 4.74 Å². The lowest BCUT2D eigenvalue weighted by Crippen LogP contribution is -2.56. The van der Waals surface area contributed by atoms with Crippen molar-refractivity contribution in [1.82, 2.24) is 5.32 Å². The van der Waals surface area contributed by atoms with Crippen LogP contribution in [0.3, 0.4) is 0 Å². The second-order valence-electron chi connectivity index (χ2n) is 4.17. The van der Waals surface area contributed by atoms with Crippen LogP contribution in [0.2, 0.25) is 0 Å². The molecule has 1 atom stereocenters.